The molecule has 5 rings (SSSR count). The van der Waals surface area contributed by atoms with Crippen LogP contribution in [0.1, 0.15) is 27.2 Å². The molecule has 5 aromatic rings. The number of rotatable bonds is 6. The molecule has 1 atom stereocenters. The molecule has 1 amide bonds. The molecule has 0 aliphatic heterocycles. The molecule has 3 heterocycles. The third-order valence-electron chi connectivity index (χ3n) is 5.97. The minimum Gasteiger partial charge on any atom is -0.481 e. The second-order valence-electron chi connectivity index (χ2n) is 8.65. The molecule has 6 heteroatoms. The topological polar surface area (TPSA) is 72.7 Å². The summed E-state index contributed by atoms with van der Waals surface area (Å²) in [7, 11) is 0. The maximum atomic E-state index is 13.3. The first-order valence-electron chi connectivity index (χ1n) is 11.0. The van der Waals surface area contributed by atoms with Gasteiger partial charge in [0.1, 0.15) is 5.75 Å². The van der Waals surface area contributed by atoms with Crippen LogP contribution in [-0.2, 0) is 4.79 Å². The van der Waals surface area contributed by atoms with Gasteiger partial charge in [-0.25, -0.2) is 0 Å². The van der Waals surface area contributed by atoms with Crippen LogP contribution < -0.4 is 15.6 Å². The highest BCUT2D eigenvalue weighted by Crippen LogP contribution is 2.34. The van der Waals surface area contributed by atoms with Crippen LogP contribution in [0.4, 0.5) is 0 Å². The molecule has 0 fully saturated rings. The van der Waals surface area contributed by atoms with Crippen LogP contribution in [0.2, 0.25) is 0 Å². The molecule has 162 valence electrons. The van der Waals surface area contributed by atoms with Crippen molar-refractivity contribution in [2.24, 2.45) is 5.92 Å². The Morgan fingerprint density at radius 1 is 1.03 bits per heavy atom. The zero-order valence-corrected chi connectivity index (χ0v) is 18.4. The molecular formula is C26H25N3O3. The lowest BCUT2D eigenvalue weighted by Gasteiger charge is -2.15. The summed E-state index contributed by atoms with van der Waals surface area (Å²) in [5.41, 5.74) is 2.35. The van der Waals surface area contributed by atoms with Gasteiger partial charge < -0.3 is 10.1 Å². The zero-order chi connectivity index (χ0) is 22.4. The summed E-state index contributed by atoms with van der Waals surface area (Å²) in [5.74, 6) is 0.982. The monoisotopic (exact) mass is 427 g/mol. The molecule has 0 bridgehead atoms. The molecule has 6 nitrogen and oxygen atoms in total. The second-order valence-corrected chi connectivity index (χ2v) is 8.65. The number of hydrogen-bond acceptors (Lipinski definition) is 4. The fraction of sp³-hybridized carbons (Fsp3) is 0.269. The van der Waals surface area contributed by atoms with Crippen LogP contribution in [0.3, 0.4) is 0 Å². The van der Waals surface area contributed by atoms with Gasteiger partial charge in [0, 0.05) is 34.3 Å². The number of amides is 1. The Kier molecular flexibility index (Phi) is 4.93. The third kappa shape index (κ3) is 3.23. The number of ether oxygens (including phenoxy) is 1. The van der Waals surface area contributed by atoms with E-state index in [0.29, 0.717) is 23.6 Å². The summed E-state index contributed by atoms with van der Waals surface area (Å²) in [4.78, 5) is 30.3. The van der Waals surface area contributed by atoms with Crippen LogP contribution in [0, 0.1) is 5.92 Å². The fourth-order valence-corrected chi connectivity index (χ4v) is 4.31. The summed E-state index contributed by atoms with van der Waals surface area (Å²) in [6.45, 7) is 6.63. The van der Waals surface area contributed by atoms with Gasteiger partial charge in [-0.2, -0.15) is 0 Å². The van der Waals surface area contributed by atoms with E-state index in [1.807, 2.05) is 48.5 Å². The second kappa shape index (κ2) is 7.79. The van der Waals surface area contributed by atoms with Crippen molar-refractivity contribution in [1.29, 1.82) is 0 Å². The first kappa shape index (κ1) is 20.2. The number of benzene rings is 2. The van der Waals surface area contributed by atoms with Gasteiger partial charge >= 0.3 is 0 Å². The molecule has 0 radical (unpaired) electrons. The van der Waals surface area contributed by atoms with Crippen LogP contribution in [0.15, 0.2) is 59.5 Å². The molecular weight excluding hydrogens is 402 g/mol. The van der Waals surface area contributed by atoms with E-state index in [-0.39, 0.29) is 11.5 Å². The van der Waals surface area contributed by atoms with Crippen LogP contribution in [0.5, 0.6) is 5.75 Å². The van der Waals surface area contributed by atoms with E-state index in [9.17, 15) is 9.59 Å². The first-order chi connectivity index (χ1) is 15.5. The van der Waals surface area contributed by atoms with Crippen molar-refractivity contribution in [1.82, 2.24) is 14.7 Å². The lowest BCUT2D eigenvalue weighted by molar-refractivity contribution is -0.127. The van der Waals surface area contributed by atoms with Crippen molar-refractivity contribution in [3.8, 4) is 5.75 Å². The Morgan fingerprint density at radius 2 is 1.81 bits per heavy atom. The molecule has 0 aliphatic carbocycles. The van der Waals surface area contributed by atoms with Gasteiger partial charge in [0.05, 0.1) is 16.6 Å². The van der Waals surface area contributed by atoms with Crippen molar-refractivity contribution in [3.05, 3.63) is 65.1 Å². The Labute approximate surface area is 185 Å². The van der Waals surface area contributed by atoms with E-state index in [1.54, 1.807) is 17.5 Å². The molecule has 2 aromatic carbocycles. The standard InChI is InChI=1S/C26H25N3O3/c1-15(2)10-12-28-25(30)16(3)32-17-8-9-22-21(14-17)19-11-13-27-23-18-6-4-5-7-20(18)26(31)29(22)24(19)23/h4-9,11,13-16H,10,12H2,1-3H3,(H,28,30)/t16-/m1/s1. The van der Waals surface area contributed by atoms with E-state index in [0.717, 1.165) is 39.1 Å². The third-order valence-corrected chi connectivity index (χ3v) is 5.97. The average molecular weight is 428 g/mol. The summed E-state index contributed by atoms with van der Waals surface area (Å²) < 4.78 is 7.68. The number of aromatic nitrogens is 2. The molecule has 0 spiro atoms. The number of hydrogen-bond donors (Lipinski definition) is 1. The summed E-state index contributed by atoms with van der Waals surface area (Å²) in [5, 5.41) is 6.25. The molecule has 0 saturated heterocycles. The summed E-state index contributed by atoms with van der Waals surface area (Å²) >= 11 is 0. The van der Waals surface area contributed by atoms with E-state index < -0.39 is 6.10 Å². The predicted molar refractivity (Wildman–Crippen MR) is 128 cm³/mol. The highest BCUT2D eigenvalue weighted by atomic mass is 16.5. The highest BCUT2D eigenvalue weighted by molar-refractivity contribution is 6.18. The quantitative estimate of drug-likeness (QED) is 0.404. The van der Waals surface area contributed by atoms with E-state index in [2.05, 4.69) is 24.1 Å². The number of carbonyl (C=O) groups is 1. The fourth-order valence-electron chi connectivity index (χ4n) is 4.31. The van der Waals surface area contributed by atoms with Gasteiger partial charge in [-0.05, 0) is 49.6 Å². The Hall–Kier alpha value is -3.67. The average Bonchev–Trinajstić information content (AvgIpc) is 3.12. The van der Waals surface area contributed by atoms with E-state index in [4.69, 9.17) is 4.74 Å². The van der Waals surface area contributed by atoms with Crippen molar-refractivity contribution < 1.29 is 9.53 Å². The number of fused-ring (bicyclic) bond motifs is 5. The van der Waals surface area contributed by atoms with E-state index >= 15 is 0 Å². The highest BCUT2D eigenvalue weighted by Gasteiger charge is 2.19. The molecule has 3 aromatic heterocycles. The lowest BCUT2D eigenvalue weighted by Crippen LogP contribution is -2.37. The van der Waals surface area contributed by atoms with Crippen molar-refractivity contribution in [3.63, 3.8) is 0 Å². The zero-order valence-electron chi connectivity index (χ0n) is 18.4. The first-order valence-corrected chi connectivity index (χ1v) is 11.0. The predicted octanol–water partition coefficient (Wildman–Crippen LogP) is 4.52. The Bertz CT molecular complexity index is 1520. The minimum atomic E-state index is -0.619. The van der Waals surface area contributed by atoms with E-state index in [1.165, 1.54) is 0 Å². The van der Waals surface area contributed by atoms with Gasteiger partial charge in [-0.1, -0.05) is 32.0 Å². The van der Waals surface area contributed by atoms with Gasteiger partial charge in [0.15, 0.2) is 6.10 Å². The van der Waals surface area contributed by atoms with Crippen LogP contribution >= 0.6 is 0 Å². The normalized spacial score (nSPS) is 12.9. The molecule has 1 N–H and O–H groups in total. The van der Waals surface area contributed by atoms with Gasteiger partial charge in [0.2, 0.25) is 0 Å². The summed E-state index contributed by atoms with van der Waals surface area (Å²) in [6, 6.07) is 15.1. The van der Waals surface area contributed by atoms with Crippen LogP contribution in [-0.4, -0.2) is 27.9 Å². The maximum absolute atomic E-state index is 13.3. The Morgan fingerprint density at radius 3 is 2.59 bits per heavy atom. The smallest absolute Gasteiger partial charge is 0.263 e. The molecule has 0 unspecified atom stereocenters. The number of nitrogens with zero attached hydrogens (tertiary/aromatic N) is 2. The minimum absolute atomic E-state index is 0.0623. The molecule has 32 heavy (non-hydrogen) atoms. The van der Waals surface area contributed by atoms with Crippen molar-refractivity contribution in [2.75, 3.05) is 6.54 Å². The summed E-state index contributed by atoms with van der Waals surface area (Å²) in [6.07, 6.45) is 2.08. The molecule has 0 aliphatic rings. The van der Waals surface area contributed by atoms with Gasteiger partial charge in [0.25, 0.3) is 11.5 Å². The van der Waals surface area contributed by atoms with Gasteiger partial charge in [-0.3, -0.25) is 19.0 Å². The number of pyridine rings is 2. The van der Waals surface area contributed by atoms with Gasteiger partial charge in [-0.15, -0.1) is 0 Å². The van der Waals surface area contributed by atoms with Crippen molar-refractivity contribution in [2.45, 2.75) is 33.3 Å². The maximum Gasteiger partial charge on any atom is 0.263 e. The largest absolute Gasteiger partial charge is 0.481 e. The Balaban J connectivity index is 1.58. The van der Waals surface area contributed by atoms with Crippen LogP contribution in [0.25, 0.3) is 38.1 Å². The number of carbonyl (C=O) groups excluding carboxylic acids is 1. The number of nitrogens with one attached hydrogen (secondary N) is 1. The SMILES string of the molecule is CC(C)CCNC(=O)[C@@H](C)Oc1ccc2c(c1)c1ccnc3c4ccccc4c(=O)n2c13. The lowest BCUT2D eigenvalue weighted by atomic mass is 10.1. The molecule has 0 saturated carbocycles. The van der Waals surface area contributed by atoms with Crippen molar-refractivity contribution >= 4 is 44.0 Å².